The number of aromatic nitrogens is 2. The first kappa shape index (κ1) is 13.2. The molecule has 0 fully saturated rings. The van der Waals surface area contributed by atoms with Crippen LogP contribution >= 0.6 is 23.2 Å². The van der Waals surface area contributed by atoms with Gasteiger partial charge in [0.15, 0.2) is 0 Å². The van der Waals surface area contributed by atoms with Crippen molar-refractivity contribution in [2.45, 2.75) is 19.9 Å². The Labute approximate surface area is 117 Å². The molecular weight excluding hydrogens is 269 g/mol. The summed E-state index contributed by atoms with van der Waals surface area (Å²) in [5.41, 5.74) is 3.19. The minimum absolute atomic E-state index is 0.556. The lowest BCUT2D eigenvalue weighted by atomic mass is 10.3. The van der Waals surface area contributed by atoms with E-state index in [-0.39, 0.29) is 0 Å². The number of benzene rings is 1. The van der Waals surface area contributed by atoms with E-state index in [2.05, 4.69) is 23.4 Å². The largest absolute Gasteiger partial charge is 0.379 e. The van der Waals surface area contributed by atoms with Crippen LogP contribution in [0.4, 0.5) is 5.69 Å². The fourth-order valence-corrected chi connectivity index (χ4v) is 2.01. The lowest BCUT2D eigenvalue weighted by Gasteiger charge is -2.07. The van der Waals surface area contributed by atoms with E-state index in [0.29, 0.717) is 16.6 Å². The maximum absolute atomic E-state index is 5.96. The van der Waals surface area contributed by atoms with Gasteiger partial charge in [-0.2, -0.15) is 5.10 Å². The first-order valence-electron chi connectivity index (χ1n) is 5.81. The van der Waals surface area contributed by atoms with Crippen LogP contribution in [-0.4, -0.2) is 9.78 Å². The van der Waals surface area contributed by atoms with Crippen molar-refractivity contribution in [1.82, 2.24) is 9.78 Å². The quantitative estimate of drug-likeness (QED) is 0.922. The van der Waals surface area contributed by atoms with Crippen molar-refractivity contribution in [2.24, 2.45) is 7.05 Å². The molecule has 1 aromatic carbocycles. The number of anilines is 1. The molecule has 0 unspecified atom stereocenters. The maximum atomic E-state index is 5.96. The van der Waals surface area contributed by atoms with Crippen LogP contribution in [0, 0.1) is 0 Å². The minimum Gasteiger partial charge on any atom is -0.379 e. The molecule has 96 valence electrons. The van der Waals surface area contributed by atoms with Crippen molar-refractivity contribution in [1.29, 1.82) is 0 Å². The summed E-state index contributed by atoms with van der Waals surface area (Å²) in [6.07, 6.45) is 0.945. The molecule has 0 aliphatic carbocycles. The molecule has 2 aromatic rings. The average Bonchev–Trinajstić information content (AvgIpc) is 2.72. The van der Waals surface area contributed by atoms with Gasteiger partial charge in [0, 0.05) is 12.7 Å². The van der Waals surface area contributed by atoms with Crippen LogP contribution in [0.25, 0.3) is 0 Å². The number of hydrogen-bond donors (Lipinski definition) is 1. The minimum atomic E-state index is 0.556. The number of rotatable bonds is 4. The van der Waals surface area contributed by atoms with Gasteiger partial charge < -0.3 is 5.32 Å². The SMILES string of the molecule is CCc1cc(CNc2ccc(Cl)c(Cl)c2)n(C)n1. The summed E-state index contributed by atoms with van der Waals surface area (Å²) in [5.74, 6) is 0. The average molecular weight is 284 g/mol. The van der Waals surface area contributed by atoms with Crippen molar-refractivity contribution in [2.75, 3.05) is 5.32 Å². The first-order valence-corrected chi connectivity index (χ1v) is 6.56. The molecule has 0 aliphatic rings. The Balaban J connectivity index is 2.06. The molecule has 5 heteroatoms. The van der Waals surface area contributed by atoms with Crippen LogP contribution in [-0.2, 0) is 20.0 Å². The van der Waals surface area contributed by atoms with Gasteiger partial charge >= 0.3 is 0 Å². The molecule has 1 N–H and O–H groups in total. The predicted molar refractivity (Wildman–Crippen MR) is 76.4 cm³/mol. The first-order chi connectivity index (χ1) is 8.60. The zero-order valence-electron chi connectivity index (χ0n) is 10.4. The van der Waals surface area contributed by atoms with Gasteiger partial charge in [0.05, 0.1) is 28.0 Å². The van der Waals surface area contributed by atoms with Gasteiger partial charge in [-0.25, -0.2) is 0 Å². The lowest BCUT2D eigenvalue weighted by Crippen LogP contribution is -2.05. The summed E-state index contributed by atoms with van der Waals surface area (Å²) < 4.78 is 1.89. The number of aryl methyl sites for hydroxylation is 2. The van der Waals surface area contributed by atoms with Crippen molar-refractivity contribution in [3.63, 3.8) is 0 Å². The van der Waals surface area contributed by atoms with E-state index in [9.17, 15) is 0 Å². The second-order valence-electron chi connectivity index (χ2n) is 4.09. The second kappa shape index (κ2) is 5.63. The Morgan fingerprint density at radius 2 is 2.00 bits per heavy atom. The van der Waals surface area contributed by atoms with Gasteiger partial charge in [0.1, 0.15) is 0 Å². The Kier molecular flexibility index (Phi) is 4.15. The van der Waals surface area contributed by atoms with Crippen molar-refractivity contribution in [3.8, 4) is 0 Å². The molecule has 0 bridgehead atoms. The fourth-order valence-electron chi connectivity index (χ4n) is 1.71. The summed E-state index contributed by atoms with van der Waals surface area (Å²) in [7, 11) is 1.95. The Morgan fingerprint density at radius 1 is 1.22 bits per heavy atom. The second-order valence-corrected chi connectivity index (χ2v) is 4.90. The summed E-state index contributed by atoms with van der Waals surface area (Å²) in [6, 6.07) is 7.61. The molecule has 0 atom stereocenters. The highest BCUT2D eigenvalue weighted by molar-refractivity contribution is 6.42. The van der Waals surface area contributed by atoms with Crippen molar-refractivity contribution < 1.29 is 0 Å². The third-order valence-electron chi connectivity index (χ3n) is 2.78. The predicted octanol–water partition coefficient (Wildman–Crippen LogP) is 3.90. The summed E-state index contributed by atoms with van der Waals surface area (Å²) >= 11 is 11.8. The number of hydrogen-bond acceptors (Lipinski definition) is 2. The smallest absolute Gasteiger partial charge is 0.0625 e. The summed E-state index contributed by atoms with van der Waals surface area (Å²) in [4.78, 5) is 0. The highest BCUT2D eigenvalue weighted by Crippen LogP contribution is 2.25. The molecule has 0 spiro atoms. The molecule has 0 aliphatic heterocycles. The van der Waals surface area contributed by atoms with E-state index in [4.69, 9.17) is 23.2 Å². The van der Waals surface area contributed by atoms with Crippen molar-refractivity contribution in [3.05, 3.63) is 45.7 Å². The van der Waals surface area contributed by atoms with Gasteiger partial charge in [-0.15, -0.1) is 0 Å². The van der Waals surface area contributed by atoms with E-state index in [1.165, 1.54) is 0 Å². The van der Waals surface area contributed by atoms with Crippen LogP contribution in [0.2, 0.25) is 10.0 Å². The molecule has 0 radical (unpaired) electrons. The third kappa shape index (κ3) is 2.98. The van der Waals surface area contributed by atoms with Crippen LogP contribution in [0.5, 0.6) is 0 Å². The fraction of sp³-hybridized carbons (Fsp3) is 0.308. The lowest BCUT2D eigenvalue weighted by molar-refractivity contribution is 0.707. The maximum Gasteiger partial charge on any atom is 0.0625 e. The molecule has 0 saturated carbocycles. The van der Waals surface area contributed by atoms with Gasteiger partial charge in [-0.3, -0.25) is 4.68 Å². The molecule has 0 saturated heterocycles. The Bertz CT molecular complexity index is 549. The molecule has 2 rings (SSSR count). The monoisotopic (exact) mass is 283 g/mol. The zero-order chi connectivity index (χ0) is 13.1. The van der Waals surface area contributed by atoms with E-state index in [0.717, 1.165) is 23.5 Å². The standard InChI is InChI=1S/C13H15Cl2N3/c1-3-9-6-11(18(2)17-9)8-16-10-4-5-12(14)13(15)7-10/h4-7,16H,3,8H2,1-2H3. The molecule has 1 aromatic heterocycles. The Hall–Kier alpha value is -1.19. The summed E-state index contributed by atoms with van der Waals surface area (Å²) in [6.45, 7) is 2.81. The van der Waals surface area contributed by atoms with Crippen LogP contribution in [0.3, 0.4) is 0 Å². The number of nitrogens with zero attached hydrogens (tertiary/aromatic N) is 2. The van der Waals surface area contributed by atoms with Gasteiger partial charge in [-0.05, 0) is 30.7 Å². The van der Waals surface area contributed by atoms with E-state index in [1.807, 2.05) is 23.9 Å². The molecule has 0 amide bonds. The molecule has 1 heterocycles. The van der Waals surface area contributed by atoms with Gasteiger partial charge in [-0.1, -0.05) is 30.1 Å². The van der Waals surface area contributed by atoms with Gasteiger partial charge in [0.25, 0.3) is 0 Å². The molecule has 3 nitrogen and oxygen atoms in total. The normalized spacial score (nSPS) is 10.7. The summed E-state index contributed by atoms with van der Waals surface area (Å²) in [5, 5.41) is 8.83. The van der Waals surface area contributed by atoms with Crippen LogP contribution in [0.15, 0.2) is 24.3 Å². The highest BCUT2D eigenvalue weighted by atomic mass is 35.5. The third-order valence-corrected chi connectivity index (χ3v) is 3.52. The zero-order valence-corrected chi connectivity index (χ0v) is 11.9. The van der Waals surface area contributed by atoms with Crippen LogP contribution in [0.1, 0.15) is 18.3 Å². The highest BCUT2D eigenvalue weighted by Gasteiger charge is 2.04. The Morgan fingerprint density at radius 3 is 2.61 bits per heavy atom. The van der Waals surface area contributed by atoms with Crippen LogP contribution < -0.4 is 5.32 Å². The number of halogens is 2. The molecule has 18 heavy (non-hydrogen) atoms. The van der Waals surface area contributed by atoms with Crippen molar-refractivity contribution >= 4 is 28.9 Å². The number of nitrogens with one attached hydrogen (secondary N) is 1. The van der Waals surface area contributed by atoms with Gasteiger partial charge in [0.2, 0.25) is 0 Å². The van der Waals surface area contributed by atoms with E-state index >= 15 is 0 Å². The molecular formula is C13H15Cl2N3. The topological polar surface area (TPSA) is 29.9 Å². The van der Waals surface area contributed by atoms with E-state index in [1.54, 1.807) is 6.07 Å². The van der Waals surface area contributed by atoms with E-state index < -0.39 is 0 Å².